The van der Waals surface area contributed by atoms with Crippen molar-refractivity contribution in [3.05, 3.63) is 51.7 Å². The number of fused-ring (bicyclic) bond motifs is 1. The zero-order valence-electron chi connectivity index (χ0n) is 19.6. The topological polar surface area (TPSA) is 70.6 Å². The SMILES string of the molecule is C[C@@H](Nc1nc(Cl)nc2c1CN(C(=O)C1(F)CCN(C3COC3)CC1)C2)c1cccc(C(F)F)c1F. The van der Waals surface area contributed by atoms with Crippen molar-refractivity contribution < 1.29 is 27.1 Å². The standard InChI is InChI=1S/C24H26ClF4N5O2/c1-13(15-3-2-4-16(19(15)26)20(27)28)30-21-17-9-34(10-18(17)31-23(25)32-21)22(35)24(29)5-7-33(8-6-24)14-11-36-12-14/h2-4,13-14,20H,5-12H2,1H3,(H,30,31,32)/t13-/m1/s1. The molecule has 2 fully saturated rings. The summed E-state index contributed by atoms with van der Waals surface area (Å²) in [5.74, 6) is -1.35. The molecule has 2 saturated heterocycles. The van der Waals surface area contributed by atoms with E-state index in [1.807, 2.05) is 0 Å². The van der Waals surface area contributed by atoms with E-state index >= 15 is 4.39 Å². The molecule has 5 rings (SSSR count). The Bertz CT molecular complexity index is 1160. The third-order valence-electron chi connectivity index (χ3n) is 7.27. The van der Waals surface area contributed by atoms with E-state index in [2.05, 4.69) is 20.2 Å². The fourth-order valence-electron chi connectivity index (χ4n) is 5.02. The maximum absolute atomic E-state index is 15.7. The molecule has 1 amide bonds. The fraction of sp³-hybridized carbons (Fsp3) is 0.542. The average molecular weight is 528 g/mol. The zero-order chi connectivity index (χ0) is 25.6. The van der Waals surface area contributed by atoms with Gasteiger partial charge in [-0.05, 0) is 18.5 Å². The lowest BCUT2D eigenvalue weighted by molar-refractivity contribution is -0.151. The van der Waals surface area contributed by atoms with Crippen molar-refractivity contribution in [2.45, 2.75) is 57.0 Å². The molecule has 1 aromatic carbocycles. The number of hydrogen-bond donors (Lipinski definition) is 1. The minimum atomic E-state index is -2.95. The van der Waals surface area contributed by atoms with Crippen LogP contribution in [0.1, 0.15) is 54.6 Å². The van der Waals surface area contributed by atoms with Gasteiger partial charge < -0.3 is 15.0 Å². The summed E-state index contributed by atoms with van der Waals surface area (Å²) in [4.78, 5) is 25.2. The highest BCUT2D eigenvalue weighted by Crippen LogP contribution is 2.36. The molecule has 12 heteroatoms. The molecule has 1 N–H and O–H groups in total. The van der Waals surface area contributed by atoms with Crippen LogP contribution < -0.4 is 5.32 Å². The highest BCUT2D eigenvalue weighted by Gasteiger charge is 2.47. The molecule has 0 spiro atoms. The predicted octanol–water partition coefficient (Wildman–Crippen LogP) is 4.42. The molecule has 3 aliphatic rings. The van der Waals surface area contributed by atoms with Gasteiger partial charge in [-0.1, -0.05) is 18.2 Å². The Labute approximate surface area is 210 Å². The van der Waals surface area contributed by atoms with Gasteiger partial charge in [0, 0.05) is 37.1 Å². The van der Waals surface area contributed by atoms with Crippen LogP contribution in [-0.4, -0.2) is 63.7 Å². The Kier molecular flexibility index (Phi) is 6.82. The lowest BCUT2D eigenvalue weighted by Crippen LogP contribution is -2.57. The summed E-state index contributed by atoms with van der Waals surface area (Å²) in [5, 5.41) is 2.92. The summed E-state index contributed by atoms with van der Waals surface area (Å²) < 4.78 is 61.9. The van der Waals surface area contributed by atoms with E-state index in [4.69, 9.17) is 16.3 Å². The van der Waals surface area contributed by atoms with E-state index in [1.54, 1.807) is 6.92 Å². The number of halogens is 5. The van der Waals surface area contributed by atoms with Crippen molar-refractivity contribution in [3.8, 4) is 0 Å². The molecule has 0 radical (unpaired) electrons. The van der Waals surface area contributed by atoms with Gasteiger partial charge in [0.1, 0.15) is 11.6 Å². The quantitative estimate of drug-likeness (QED) is 0.443. The first-order valence-corrected chi connectivity index (χ1v) is 12.2. The van der Waals surface area contributed by atoms with Gasteiger partial charge >= 0.3 is 0 Å². The molecule has 3 aliphatic heterocycles. The number of carbonyl (C=O) groups excluding carboxylic acids is 1. The summed E-state index contributed by atoms with van der Waals surface area (Å²) in [5.41, 5.74) is -1.62. The van der Waals surface area contributed by atoms with Crippen LogP contribution in [0.25, 0.3) is 0 Å². The van der Waals surface area contributed by atoms with Gasteiger partial charge in [-0.2, -0.15) is 0 Å². The maximum Gasteiger partial charge on any atom is 0.266 e. The first-order valence-electron chi connectivity index (χ1n) is 11.8. The second-order valence-corrected chi connectivity index (χ2v) is 9.88. The summed E-state index contributed by atoms with van der Waals surface area (Å²) >= 11 is 6.10. The Balaban J connectivity index is 1.31. The van der Waals surface area contributed by atoms with Crippen LogP contribution in [0.3, 0.4) is 0 Å². The average Bonchev–Trinajstić information content (AvgIpc) is 3.23. The van der Waals surface area contributed by atoms with Crippen molar-refractivity contribution in [3.63, 3.8) is 0 Å². The third kappa shape index (κ3) is 4.64. The van der Waals surface area contributed by atoms with Crippen LogP contribution in [0.5, 0.6) is 0 Å². The van der Waals surface area contributed by atoms with E-state index < -0.39 is 35.4 Å². The number of hydrogen-bond acceptors (Lipinski definition) is 6. The van der Waals surface area contributed by atoms with E-state index in [-0.39, 0.29) is 42.6 Å². The van der Waals surface area contributed by atoms with E-state index in [0.29, 0.717) is 43.6 Å². The lowest BCUT2D eigenvalue weighted by atomic mass is 9.90. The number of aromatic nitrogens is 2. The smallest absolute Gasteiger partial charge is 0.266 e. The predicted molar refractivity (Wildman–Crippen MR) is 124 cm³/mol. The molecular weight excluding hydrogens is 502 g/mol. The molecule has 0 aliphatic carbocycles. The summed E-state index contributed by atoms with van der Waals surface area (Å²) in [6.07, 6.45) is -2.75. The molecule has 7 nitrogen and oxygen atoms in total. The normalized spacial score (nSPS) is 20.8. The molecule has 0 saturated carbocycles. The first-order chi connectivity index (χ1) is 17.2. The van der Waals surface area contributed by atoms with Crippen LogP contribution in [0.4, 0.5) is 23.4 Å². The number of nitrogens with one attached hydrogen (secondary N) is 1. The van der Waals surface area contributed by atoms with E-state index in [1.165, 1.54) is 17.0 Å². The van der Waals surface area contributed by atoms with Crippen LogP contribution in [0, 0.1) is 5.82 Å². The van der Waals surface area contributed by atoms with Gasteiger partial charge in [-0.25, -0.2) is 27.5 Å². The van der Waals surface area contributed by atoms with Crippen LogP contribution in [-0.2, 0) is 22.6 Å². The van der Waals surface area contributed by atoms with Crippen molar-refractivity contribution in [2.24, 2.45) is 0 Å². The Hall–Kier alpha value is -2.50. The van der Waals surface area contributed by atoms with Crippen molar-refractivity contribution in [2.75, 3.05) is 31.6 Å². The van der Waals surface area contributed by atoms with Gasteiger partial charge in [0.15, 0.2) is 5.67 Å². The molecule has 2 aromatic rings. The third-order valence-corrected chi connectivity index (χ3v) is 7.44. The Morgan fingerprint density at radius 1 is 1.19 bits per heavy atom. The van der Waals surface area contributed by atoms with Crippen LogP contribution in [0.2, 0.25) is 5.28 Å². The van der Waals surface area contributed by atoms with Crippen molar-refractivity contribution >= 4 is 23.3 Å². The number of anilines is 1. The van der Waals surface area contributed by atoms with Crippen molar-refractivity contribution in [1.29, 1.82) is 0 Å². The largest absolute Gasteiger partial charge is 0.378 e. The second kappa shape index (κ2) is 9.75. The van der Waals surface area contributed by atoms with E-state index in [0.717, 1.165) is 6.07 Å². The van der Waals surface area contributed by atoms with Gasteiger partial charge in [-0.3, -0.25) is 9.69 Å². The molecule has 0 unspecified atom stereocenters. The number of nitrogens with zero attached hydrogens (tertiary/aromatic N) is 4. The molecular formula is C24H26ClF4N5O2. The van der Waals surface area contributed by atoms with Gasteiger partial charge in [0.05, 0.1) is 49.6 Å². The minimum Gasteiger partial charge on any atom is -0.378 e. The first kappa shape index (κ1) is 25.2. The summed E-state index contributed by atoms with van der Waals surface area (Å²) in [6.45, 7) is 3.97. The maximum atomic E-state index is 15.7. The summed E-state index contributed by atoms with van der Waals surface area (Å²) in [6, 6.07) is 3.36. The number of alkyl halides is 3. The molecule has 1 aromatic heterocycles. The minimum absolute atomic E-state index is 0.0357. The van der Waals surface area contributed by atoms with Crippen LogP contribution >= 0.6 is 11.6 Å². The molecule has 4 heterocycles. The fourth-order valence-corrected chi connectivity index (χ4v) is 5.20. The molecule has 36 heavy (non-hydrogen) atoms. The summed E-state index contributed by atoms with van der Waals surface area (Å²) in [7, 11) is 0. The number of amides is 1. The Morgan fingerprint density at radius 3 is 2.53 bits per heavy atom. The van der Waals surface area contributed by atoms with Gasteiger partial charge in [0.2, 0.25) is 5.28 Å². The lowest BCUT2D eigenvalue weighted by Gasteiger charge is -2.43. The number of carbonyl (C=O) groups is 1. The highest BCUT2D eigenvalue weighted by atomic mass is 35.5. The van der Waals surface area contributed by atoms with E-state index in [9.17, 15) is 18.0 Å². The molecule has 1 atom stereocenters. The number of likely N-dealkylation sites (tertiary alicyclic amines) is 1. The Morgan fingerprint density at radius 2 is 1.89 bits per heavy atom. The van der Waals surface area contributed by atoms with Crippen molar-refractivity contribution in [1.82, 2.24) is 19.8 Å². The number of benzene rings is 1. The number of rotatable bonds is 6. The number of piperidine rings is 1. The van der Waals surface area contributed by atoms with Crippen LogP contribution in [0.15, 0.2) is 18.2 Å². The zero-order valence-corrected chi connectivity index (χ0v) is 20.4. The highest BCUT2D eigenvalue weighted by molar-refractivity contribution is 6.28. The monoisotopic (exact) mass is 527 g/mol. The van der Waals surface area contributed by atoms with Gasteiger partial charge in [0.25, 0.3) is 12.3 Å². The molecule has 194 valence electrons. The second-order valence-electron chi connectivity index (χ2n) is 9.54. The number of ether oxygens (including phenoxy) is 1. The van der Waals surface area contributed by atoms with Gasteiger partial charge in [-0.15, -0.1) is 0 Å². The molecule has 0 bridgehead atoms.